The molecule has 4 aromatic rings. The fraction of sp³-hybridized carbons (Fsp3) is 0.346. The normalized spacial score (nSPS) is 16.4. The van der Waals surface area contributed by atoms with E-state index in [0.717, 1.165) is 35.4 Å². The number of thioether (sulfide) groups is 1. The number of aromatic nitrogens is 3. The van der Waals surface area contributed by atoms with E-state index in [9.17, 15) is 18.0 Å². The zero-order valence-electron chi connectivity index (χ0n) is 19.6. The van der Waals surface area contributed by atoms with Gasteiger partial charge in [-0.2, -0.15) is 18.3 Å². The van der Waals surface area contributed by atoms with Gasteiger partial charge in [0.2, 0.25) is 0 Å². The van der Waals surface area contributed by atoms with Gasteiger partial charge in [-0.15, -0.1) is 23.1 Å². The number of rotatable bonds is 7. The van der Waals surface area contributed by atoms with Crippen molar-refractivity contribution in [2.75, 3.05) is 13.1 Å². The first kappa shape index (κ1) is 25.0. The fourth-order valence-corrected chi connectivity index (χ4v) is 6.72. The van der Waals surface area contributed by atoms with Crippen LogP contribution in [0.1, 0.15) is 47.0 Å². The van der Waals surface area contributed by atoms with Crippen molar-refractivity contribution in [1.29, 1.82) is 0 Å². The van der Waals surface area contributed by atoms with Gasteiger partial charge >= 0.3 is 6.18 Å². The molecule has 1 atom stereocenters. The van der Waals surface area contributed by atoms with E-state index in [2.05, 4.69) is 46.9 Å². The lowest BCUT2D eigenvalue weighted by Gasteiger charge is -2.35. The summed E-state index contributed by atoms with van der Waals surface area (Å²) in [5.74, 6) is 1.07. The predicted molar refractivity (Wildman–Crippen MR) is 136 cm³/mol. The summed E-state index contributed by atoms with van der Waals surface area (Å²) in [5, 5.41) is 9.34. The van der Waals surface area contributed by atoms with Crippen molar-refractivity contribution in [3.63, 3.8) is 0 Å². The molecule has 10 heteroatoms. The number of hydrogen-bond donors (Lipinski definition) is 0. The van der Waals surface area contributed by atoms with Gasteiger partial charge in [0.15, 0.2) is 18.1 Å². The van der Waals surface area contributed by atoms with Gasteiger partial charge < -0.3 is 0 Å². The summed E-state index contributed by atoms with van der Waals surface area (Å²) < 4.78 is 40.4. The number of piperidine rings is 1. The quantitative estimate of drug-likeness (QED) is 0.197. The van der Waals surface area contributed by atoms with Crippen LogP contribution in [0, 0.1) is 6.92 Å². The lowest BCUT2D eigenvalue weighted by Crippen LogP contribution is -2.40. The van der Waals surface area contributed by atoms with Crippen molar-refractivity contribution in [3.05, 3.63) is 76.0 Å². The summed E-state index contributed by atoms with van der Waals surface area (Å²) in [4.78, 5) is 19.9. The van der Waals surface area contributed by atoms with E-state index >= 15 is 0 Å². The van der Waals surface area contributed by atoms with E-state index in [4.69, 9.17) is 4.98 Å². The van der Waals surface area contributed by atoms with Crippen LogP contribution < -0.4 is 0 Å². The molecule has 1 saturated heterocycles. The van der Waals surface area contributed by atoms with Crippen LogP contribution in [0.4, 0.5) is 13.2 Å². The highest BCUT2D eigenvalue weighted by molar-refractivity contribution is 7.98. The minimum Gasteiger partial charge on any atom is -0.299 e. The standard InChI is InChI=1S/C26H25F3N4OS2/c1-17-13-23(26(27,28)29)31-33(17)24(14-34)32-11-9-19(10-12-32)25-30-20(16-36-25)15-35-22-8-4-6-18-5-2-3-7-21(18)22/h2-8,13-14,16,19,24H,9-12,15H2,1H3. The lowest BCUT2D eigenvalue weighted by atomic mass is 9.97. The third-order valence-corrected chi connectivity index (χ3v) is 8.70. The van der Waals surface area contributed by atoms with Crippen molar-refractivity contribution in [1.82, 2.24) is 19.7 Å². The monoisotopic (exact) mass is 530 g/mol. The van der Waals surface area contributed by atoms with Crippen LogP contribution in [0.3, 0.4) is 0 Å². The molecule has 1 aliphatic heterocycles. The molecular formula is C26H25F3N4OS2. The minimum absolute atomic E-state index is 0.277. The van der Waals surface area contributed by atoms with Gasteiger partial charge in [-0.05, 0) is 42.7 Å². The number of fused-ring (bicyclic) bond motifs is 1. The molecule has 0 radical (unpaired) electrons. The average molecular weight is 531 g/mol. The number of carbonyl (C=O) groups is 1. The molecule has 2 aromatic carbocycles. The van der Waals surface area contributed by atoms with Gasteiger partial charge in [0.25, 0.3) is 0 Å². The smallest absolute Gasteiger partial charge is 0.299 e. The number of carbonyl (C=O) groups excluding carboxylic acids is 1. The van der Waals surface area contributed by atoms with Crippen molar-refractivity contribution >= 4 is 40.2 Å². The number of aryl methyl sites for hydroxylation is 1. The van der Waals surface area contributed by atoms with E-state index in [1.54, 1.807) is 30.0 Å². The first-order valence-electron chi connectivity index (χ1n) is 11.7. The maximum absolute atomic E-state index is 13.1. The SMILES string of the molecule is Cc1cc(C(F)(F)F)nn1C(C=O)N1CCC(c2nc(CSc3cccc4ccccc34)cs2)CC1. The molecule has 0 amide bonds. The predicted octanol–water partition coefficient (Wildman–Crippen LogP) is 6.69. The summed E-state index contributed by atoms with van der Waals surface area (Å²) in [6.07, 6.45) is -3.12. The van der Waals surface area contributed by atoms with Crippen LogP contribution >= 0.6 is 23.1 Å². The number of alkyl halides is 3. The third kappa shape index (κ3) is 5.21. The first-order chi connectivity index (χ1) is 17.3. The second kappa shape index (κ2) is 10.4. The van der Waals surface area contributed by atoms with Gasteiger partial charge in [0.05, 0.1) is 10.7 Å². The maximum atomic E-state index is 13.1. The Balaban J connectivity index is 1.21. The molecule has 0 saturated carbocycles. The third-order valence-electron chi connectivity index (χ3n) is 6.53. The molecule has 1 unspecified atom stereocenters. The molecule has 188 valence electrons. The first-order valence-corrected chi connectivity index (χ1v) is 13.6. The number of benzene rings is 2. The van der Waals surface area contributed by atoms with Gasteiger partial charge in [-0.3, -0.25) is 9.69 Å². The van der Waals surface area contributed by atoms with Crippen molar-refractivity contribution in [2.45, 2.75) is 48.7 Å². The summed E-state index contributed by atoms with van der Waals surface area (Å²) in [6, 6.07) is 15.7. The van der Waals surface area contributed by atoms with Gasteiger partial charge in [0, 0.05) is 40.7 Å². The fourth-order valence-electron chi connectivity index (χ4n) is 4.65. The van der Waals surface area contributed by atoms with E-state index in [1.165, 1.54) is 20.3 Å². The Morgan fingerprint density at radius 3 is 2.64 bits per heavy atom. The Morgan fingerprint density at radius 2 is 1.92 bits per heavy atom. The number of halogens is 3. The van der Waals surface area contributed by atoms with Gasteiger partial charge in [0.1, 0.15) is 0 Å². The second-order valence-corrected chi connectivity index (χ2v) is 10.8. The summed E-state index contributed by atoms with van der Waals surface area (Å²) in [5.41, 5.74) is 0.390. The largest absolute Gasteiger partial charge is 0.435 e. The zero-order chi connectivity index (χ0) is 25.3. The van der Waals surface area contributed by atoms with Crippen molar-refractivity contribution in [3.8, 4) is 0 Å². The molecule has 5 nitrogen and oxygen atoms in total. The van der Waals surface area contributed by atoms with E-state index in [-0.39, 0.29) is 5.92 Å². The Labute approximate surface area is 215 Å². The molecule has 1 aliphatic rings. The summed E-state index contributed by atoms with van der Waals surface area (Å²) in [7, 11) is 0. The summed E-state index contributed by atoms with van der Waals surface area (Å²) in [6.45, 7) is 2.72. The van der Waals surface area contributed by atoms with Gasteiger partial charge in [-0.1, -0.05) is 36.4 Å². The van der Waals surface area contributed by atoms with Gasteiger partial charge in [-0.25, -0.2) is 9.67 Å². The number of hydrogen-bond acceptors (Lipinski definition) is 6. The molecule has 0 spiro atoms. The zero-order valence-corrected chi connectivity index (χ0v) is 21.2. The summed E-state index contributed by atoms with van der Waals surface area (Å²) >= 11 is 3.44. The van der Waals surface area contributed by atoms with Crippen LogP contribution in [0.15, 0.2) is 58.8 Å². The van der Waals surface area contributed by atoms with Crippen LogP contribution in [0.2, 0.25) is 0 Å². The van der Waals surface area contributed by atoms with Crippen molar-refractivity contribution in [2.24, 2.45) is 0 Å². The lowest BCUT2D eigenvalue weighted by molar-refractivity contribution is -0.142. The number of thiazole rings is 1. The minimum atomic E-state index is -4.54. The molecular weight excluding hydrogens is 505 g/mol. The number of likely N-dealkylation sites (tertiary alicyclic amines) is 1. The van der Waals surface area contributed by atoms with E-state index in [1.807, 2.05) is 11.0 Å². The molecule has 3 heterocycles. The average Bonchev–Trinajstić information content (AvgIpc) is 3.51. The second-order valence-electron chi connectivity index (χ2n) is 8.92. The highest BCUT2D eigenvalue weighted by Gasteiger charge is 2.36. The Hall–Kier alpha value is -2.69. The van der Waals surface area contributed by atoms with Crippen molar-refractivity contribution < 1.29 is 18.0 Å². The molecule has 1 fully saturated rings. The number of aldehydes is 1. The Morgan fingerprint density at radius 1 is 1.17 bits per heavy atom. The van der Waals surface area contributed by atoms with E-state index in [0.29, 0.717) is 25.1 Å². The molecule has 0 aliphatic carbocycles. The maximum Gasteiger partial charge on any atom is 0.435 e. The number of nitrogens with zero attached hydrogens (tertiary/aromatic N) is 4. The molecule has 5 rings (SSSR count). The van der Waals surface area contributed by atoms with Crippen LogP contribution in [0.25, 0.3) is 10.8 Å². The topological polar surface area (TPSA) is 51.0 Å². The Kier molecular flexibility index (Phi) is 7.18. The molecule has 0 N–H and O–H groups in total. The molecule has 2 aromatic heterocycles. The molecule has 0 bridgehead atoms. The molecule has 36 heavy (non-hydrogen) atoms. The van der Waals surface area contributed by atoms with Crippen LogP contribution in [-0.2, 0) is 16.7 Å². The Bertz CT molecular complexity index is 1350. The van der Waals surface area contributed by atoms with E-state index < -0.39 is 18.0 Å². The van der Waals surface area contributed by atoms with Crippen LogP contribution in [0.5, 0.6) is 0 Å². The van der Waals surface area contributed by atoms with Crippen LogP contribution in [-0.4, -0.2) is 39.0 Å². The highest BCUT2D eigenvalue weighted by atomic mass is 32.2. The highest BCUT2D eigenvalue weighted by Crippen LogP contribution is 2.35.